The predicted molar refractivity (Wildman–Crippen MR) is 121 cm³/mol. The lowest BCUT2D eigenvalue weighted by molar-refractivity contribution is 1.56. The summed E-state index contributed by atoms with van der Waals surface area (Å²) >= 11 is 0. The van der Waals surface area contributed by atoms with Gasteiger partial charge in [0.05, 0.1) is 0 Å². The highest BCUT2D eigenvalue weighted by Crippen LogP contribution is 2.26. The molecule has 4 rings (SSSR count). The topological polar surface area (TPSA) is 0 Å². The number of benzene rings is 4. The molecule has 0 spiro atoms. The molecular formula is C28H21. The first-order valence-electron chi connectivity index (χ1n) is 9.46. The van der Waals surface area contributed by atoms with Crippen LogP contribution in [0.4, 0.5) is 0 Å². The highest BCUT2D eigenvalue weighted by atomic mass is 14.1. The van der Waals surface area contributed by atoms with E-state index in [0.29, 0.717) is 0 Å². The Bertz CT molecular complexity index is 1090. The monoisotopic (exact) mass is 357 g/mol. The van der Waals surface area contributed by atoms with Crippen LogP contribution >= 0.6 is 0 Å². The van der Waals surface area contributed by atoms with Gasteiger partial charge < -0.3 is 0 Å². The van der Waals surface area contributed by atoms with Crippen LogP contribution in [0.5, 0.6) is 0 Å². The molecule has 0 bridgehead atoms. The average molecular weight is 357 g/mol. The molecule has 4 aromatic carbocycles. The van der Waals surface area contributed by atoms with Crippen LogP contribution in [-0.4, -0.2) is 0 Å². The molecule has 0 saturated heterocycles. The van der Waals surface area contributed by atoms with E-state index in [4.69, 9.17) is 0 Å². The second kappa shape index (κ2) is 8.83. The van der Waals surface area contributed by atoms with E-state index < -0.39 is 0 Å². The van der Waals surface area contributed by atoms with Gasteiger partial charge in [-0.15, -0.1) is 0 Å². The van der Waals surface area contributed by atoms with Crippen molar-refractivity contribution in [2.45, 2.75) is 0 Å². The summed E-state index contributed by atoms with van der Waals surface area (Å²) in [6.07, 6.45) is 8.56. The summed E-state index contributed by atoms with van der Waals surface area (Å²) in [4.78, 5) is 0. The van der Waals surface area contributed by atoms with Gasteiger partial charge in [0.15, 0.2) is 0 Å². The van der Waals surface area contributed by atoms with Crippen molar-refractivity contribution < 1.29 is 0 Å². The summed E-state index contributed by atoms with van der Waals surface area (Å²) in [6.45, 7) is 0. The van der Waals surface area contributed by atoms with Crippen molar-refractivity contribution in [2.24, 2.45) is 0 Å². The minimum absolute atomic E-state index is 1.07. The quantitative estimate of drug-likeness (QED) is 0.324. The fourth-order valence-electron chi connectivity index (χ4n) is 3.13. The van der Waals surface area contributed by atoms with Crippen LogP contribution in [0.3, 0.4) is 0 Å². The first-order chi connectivity index (χ1) is 13.9. The van der Waals surface area contributed by atoms with Crippen LogP contribution < -0.4 is 0 Å². The largest absolute Gasteiger partial charge is 0.0622 e. The van der Waals surface area contributed by atoms with E-state index in [0.717, 1.165) is 11.1 Å². The zero-order chi connectivity index (χ0) is 19.0. The van der Waals surface area contributed by atoms with Gasteiger partial charge in [-0.25, -0.2) is 0 Å². The molecule has 0 aliphatic rings. The molecule has 0 N–H and O–H groups in total. The Balaban J connectivity index is 1.63. The lowest BCUT2D eigenvalue weighted by atomic mass is 9.97. The van der Waals surface area contributed by atoms with Gasteiger partial charge in [-0.2, -0.15) is 0 Å². The Morgan fingerprint density at radius 3 is 1.79 bits per heavy atom. The molecule has 0 aliphatic heterocycles. The zero-order valence-corrected chi connectivity index (χ0v) is 15.6. The molecule has 0 nitrogen and oxygen atoms in total. The molecule has 1 radical (unpaired) electrons. The summed E-state index contributed by atoms with van der Waals surface area (Å²) in [7, 11) is 0. The molecule has 0 heterocycles. The Morgan fingerprint density at radius 2 is 1.07 bits per heavy atom. The fourth-order valence-corrected chi connectivity index (χ4v) is 3.13. The Morgan fingerprint density at radius 1 is 0.464 bits per heavy atom. The maximum atomic E-state index is 3.55. The van der Waals surface area contributed by atoms with Gasteiger partial charge in [-0.05, 0) is 39.4 Å². The van der Waals surface area contributed by atoms with Crippen molar-refractivity contribution in [3.8, 4) is 11.1 Å². The third kappa shape index (κ3) is 4.55. The highest BCUT2D eigenvalue weighted by Gasteiger charge is 2.03. The van der Waals surface area contributed by atoms with E-state index in [1.54, 1.807) is 0 Å². The molecule has 133 valence electrons. The lowest BCUT2D eigenvalue weighted by Crippen LogP contribution is -1.84. The van der Waals surface area contributed by atoms with Crippen LogP contribution in [0.15, 0.2) is 103 Å². The predicted octanol–water partition coefficient (Wildman–Crippen LogP) is 7.49. The summed E-state index contributed by atoms with van der Waals surface area (Å²) in [5, 5.41) is 0. The molecule has 0 aromatic heterocycles. The van der Waals surface area contributed by atoms with Gasteiger partial charge in [0.2, 0.25) is 0 Å². The molecule has 0 unspecified atom stereocenters. The number of rotatable bonds is 5. The van der Waals surface area contributed by atoms with Crippen molar-refractivity contribution in [1.82, 2.24) is 0 Å². The molecule has 28 heavy (non-hydrogen) atoms. The second-order valence-electron chi connectivity index (χ2n) is 6.60. The Kier molecular flexibility index (Phi) is 5.60. The molecule has 0 heteroatoms. The molecule has 0 fully saturated rings. The van der Waals surface area contributed by atoms with Crippen LogP contribution in [-0.2, 0) is 0 Å². The van der Waals surface area contributed by atoms with E-state index in [9.17, 15) is 0 Å². The van der Waals surface area contributed by atoms with E-state index in [1.165, 1.54) is 22.3 Å². The maximum Gasteiger partial charge on any atom is -0.00204 e. The first kappa shape index (κ1) is 17.8. The maximum absolute atomic E-state index is 3.55. The molecule has 0 amide bonds. The average Bonchev–Trinajstić information content (AvgIpc) is 2.78. The molecule has 0 atom stereocenters. The lowest BCUT2D eigenvalue weighted by Gasteiger charge is -2.07. The number of hydrogen-bond acceptors (Lipinski definition) is 0. The highest BCUT2D eigenvalue weighted by molar-refractivity contribution is 5.82. The molecule has 0 saturated carbocycles. The minimum atomic E-state index is 1.07. The summed E-state index contributed by atoms with van der Waals surface area (Å²) in [5.41, 5.74) is 6.93. The van der Waals surface area contributed by atoms with Gasteiger partial charge in [-0.1, -0.05) is 127 Å². The van der Waals surface area contributed by atoms with Crippen LogP contribution in [0.1, 0.15) is 22.3 Å². The third-order valence-electron chi connectivity index (χ3n) is 4.58. The van der Waals surface area contributed by atoms with E-state index >= 15 is 0 Å². The standard InChI is InChI=1S/C28H21/c1-3-10-23(11-4-1)18-19-25-14-9-16-27(22-25)28-17-8-7-15-26(28)21-20-24-12-5-2-6-13-24/h1-21H/b19-18+,21-20+. The second-order valence-corrected chi connectivity index (χ2v) is 6.60. The molecular weight excluding hydrogens is 336 g/mol. The minimum Gasteiger partial charge on any atom is -0.0622 e. The smallest absolute Gasteiger partial charge is 0.00204 e. The van der Waals surface area contributed by atoms with E-state index in [2.05, 4.69) is 121 Å². The number of hydrogen-bond donors (Lipinski definition) is 0. The van der Waals surface area contributed by atoms with E-state index in [1.807, 2.05) is 12.1 Å². The van der Waals surface area contributed by atoms with Crippen molar-refractivity contribution in [3.05, 3.63) is 131 Å². The Labute approximate surface area is 167 Å². The van der Waals surface area contributed by atoms with Crippen LogP contribution in [0.25, 0.3) is 35.4 Å². The van der Waals surface area contributed by atoms with Gasteiger partial charge in [-0.3, -0.25) is 0 Å². The fraction of sp³-hybridized carbons (Fsp3) is 0. The summed E-state index contributed by atoms with van der Waals surface area (Å²) < 4.78 is 0. The first-order valence-corrected chi connectivity index (χ1v) is 9.46. The third-order valence-corrected chi connectivity index (χ3v) is 4.58. The van der Waals surface area contributed by atoms with Crippen molar-refractivity contribution >= 4 is 24.3 Å². The molecule has 0 aliphatic carbocycles. The Hall–Kier alpha value is -3.64. The molecule has 4 aromatic rings. The summed E-state index contributed by atoms with van der Waals surface area (Å²) in [5.74, 6) is 0. The van der Waals surface area contributed by atoms with Crippen molar-refractivity contribution in [3.63, 3.8) is 0 Å². The van der Waals surface area contributed by atoms with Crippen molar-refractivity contribution in [2.75, 3.05) is 0 Å². The normalized spacial score (nSPS) is 11.3. The zero-order valence-electron chi connectivity index (χ0n) is 15.6. The summed E-state index contributed by atoms with van der Waals surface area (Å²) in [6, 6.07) is 39.0. The SMILES string of the molecule is [c]1c(/C=C/c2ccccc2)cccc1-c1ccccc1/C=C/c1ccccc1. The van der Waals surface area contributed by atoms with Crippen LogP contribution in [0.2, 0.25) is 0 Å². The van der Waals surface area contributed by atoms with Crippen LogP contribution in [0, 0.1) is 6.07 Å². The van der Waals surface area contributed by atoms with E-state index in [-0.39, 0.29) is 0 Å². The van der Waals surface area contributed by atoms with Gasteiger partial charge >= 0.3 is 0 Å². The van der Waals surface area contributed by atoms with Crippen molar-refractivity contribution in [1.29, 1.82) is 0 Å². The van der Waals surface area contributed by atoms with Gasteiger partial charge in [0.25, 0.3) is 0 Å². The van der Waals surface area contributed by atoms with Gasteiger partial charge in [0.1, 0.15) is 0 Å². The van der Waals surface area contributed by atoms with Gasteiger partial charge in [0, 0.05) is 0 Å².